The van der Waals surface area contributed by atoms with Crippen molar-refractivity contribution in [3.8, 4) is 33.4 Å². The van der Waals surface area contributed by atoms with Crippen molar-refractivity contribution < 1.29 is 0 Å². The van der Waals surface area contributed by atoms with Gasteiger partial charge in [0.15, 0.2) is 0 Å². The van der Waals surface area contributed by atoms with E-state index in [9.17, 15) is 0 Å². The molecule has 1 aliphatic carbocycles. The molecule has 0 unspecified atom stereocenters. The first-order chi connectivity index (χ1) is 20.7. The molecule has 43 heavy (non-hydrogen) atoms. The van der Waals surface area contributed by atoms with Gasteiger partial charge in [-0.15, -0.1) is 0 Å². The highest BCUT2D eigenvalue weighted by molar-refractivity contribution is 9.10. The third-order valence-electron chi connectivity index (χ3n) is 8.85. The molecule has 0 aliphatic heterocycles. The maximum atomic E-state index is 3.86. The normalized spacial score (nSPS) is 13.1. The summed E-state index contributed by atoms with van der Waals surface area (Å²) in [4.78, 5) is 0. The lowest BCUT2D eigenvalue weighted by Gasteiger charge is -2.35. The average molecular weight is 685 g/mol. The lowest BCUT2D eigenvalue weighted by molar-refractivity contribution is 0.765. The summed E-state index contributed by atoms with van der Waals surface area (Å²) in [5.74, 6) is 0. The van der Waals surface area contributed by atoms with Crippen LogP contribution in [-0.2, 0) is 5.41 Å². The van der Waals surface area contributed by atoms with Gasteiger partial charge in [0, 0.05) is 8.95 Å². The maximum Gasteiger partial charge on any atom is 0.0714 e. The molecule has 0 radical (unpaired) electrons. The fourth-order valence-electron chi connectivity index (χ4n) is 6.88. The molecule has 7 rings (SSSR count). The second-order valence-corrected chi connectivity index (χ2v) is 13.9. The Kier molecular flexibility index (Phi) is 7.03. The molecule has 1 aliphatic rings. The van der Waals surface area contributed by atoms with Crippen molar-refractivity contribution in [2.45, 2.75) is 33.1 Å². The number of aryl methyl sites for hydroxylation is 4. The summed E-state index contributed by atoms with van der Waals surface area (Å²) in [5.41, 5.74) is 17.2. The van der Waals surface area contributed by atoms with Crippen LogP contribution in [0.5, 0.6) is 0 Å². The van der Waals surface area contributed by atoms with E-state index >= 15 is 0 Å². The SMILES string of the molecule is Cc1ccc(-c2cc(C)cc(C3(c4cc(C)cc(-c5ccc(C)cc5)c4)c4cc(Br)ccc4-c4ccc(Br)cc43)c2)cc1. The van der Waals surface area contributed by atoms with E-state index in [2.05, 4.69) is 181 Å². The molecule has 2 heteroatoms. The first-order valence-corrected chi connectivity index (χ1v) is 16.3. The number of hydrogen-bond donors (Lipinski definition) is 0. The quantitative estimate of drug-likeness (QED) is 0.173. The first-order valence-electron chi connectivity index (χ1n) is 14.7. The van der Waals surface area contributed by atoms with Gasteiger partial charge in [-0.05, 0) is 120 Å². The Balaban J connectivity index is 1.61. The molecule has 0 heterocycles. The molecule has 0 nitrogen and oxygen atoms in total. The number of benzene rings is 6. The third-order valence-corrected chi connectivity index (χ3v) is 9.84. The first kappa shape index (κ1) is 28.1. The maximum absolute atomic E-state index is 3.86. The van der Waals surface area contributed by atoms with E-state index in [1.165, 1.54) is 77.9 Å². The van der Waals surface area contributed by atoms with Crippen LogP contribution < -0.4 is 0 Å². The van der Waals surface area contributed by atoms with E-state index < -0.39 is 5.41 Å². The molecule has 0 fully saturated rings. The Labute approximate surface area is 271 Å². The Morgan fingerprint density at radius 2 is 0.767 bits per heavy atom. The van der Waals surface area contributed by atoms with Crippen LogP contribution in [0.4, 0.5) is 0 Å². The number of halogens is 2. The molecule has 0 N–H and O–H groups in total. The van der Waals surface area contributed by atoms with E-state index in [-0.39, 0.29) is 0 Å². The van der Waals surface area contributed by atoms with Gasteiger partial charge >= 0.3 is 0 Å². The zero-order valence-electron chi connectivity index (χ0n) is 24.8. The molecule has 6 aromatic rings. The molecule has 0 atom stereocenters. The molecule has 0 bridgehead atoms. The summed E-state index contributed by atoms with van der Waals surface area (Å²) in [6, 6.07) is 45.6. The predicted molar refractivity (Wildman–Crippen MR) is 189 cm³/mol. The van der Waals surface area contributed by atoms with Crippen LogP contribution >= 0.6 is 31.9 Å². The van der Waals surface area contributed by atoms with Gasteiger partial charge in [-0.3, -0.25) is 0 Å². The summed E-state index contributed by atoms with van der Waals surface area (Å²) in [6.45, 7) is 8.74. The van der Waals surface area contributed by atoms with Crippen molar-refractivity contribution in [1.29, 1.82) is 0 Å². The summed E-state index contributed by atoms with van der Waals surface area (Å²) >= 11 is 7.71. The molecule has 0 spiro atoms. The molecule has 0 aromatic heterocycles. The lowest BCUT2D eigenvalue weighted by Crippen LogP contribution is -2.29. The molecule has 0 amide bonds. The minimum atomic E-state index is -0.519. The zero-order chi connectivity index (χ0) is 29.9. The molecule has 0 saturated carbocycles. The minimum absolute atomic E-state index is 0.519. The highest BCUT2D eigenvalue weighted by Gasteiger charge is 2.47. The Morgan fingerprint density at radius 3 is 1.16 bits per heavy atom. The number of fused-ring (bicyclic) bond motifs is 3. The number of hydrogen-bond acceptors (Lipinski definition) is 0. The van der Waals surface area contributed by atoms with Crippen LogP contribution in [0.25, 0.3) is 33.4 Å². The zero-order valence-corrected chi connectivity index (χ0v) is 28.0. The van der Waals surface area contributed by atoms with Crippen LogP contribution in [0.1, 0.15) is 44.5 Å². The smallest absolute Gasteiger partial charge is 0.0587 e. The Morgan fingerprint density at radius 1 is 0.372 bits per heavy atom. The van der Waals surface area contributed by atoms with E-state index in [1.54, 1.807) is 0 Å². The monoisotopic (exact) mass is 682 g/mol. The molecular weight excluding hydrogens is 652 g/mol. The molecule has 6 aromatic carbocycles. The van der Waals surface area contributed by atoms with Gasteiger partial charge in [-0.2, -0.15) is 0 Å². The topological polar surface area (TPSA) is 0 Å². The van der Waals surface area contributed by atoms with E-state index in [0.717, 1.165) is 8.95 Å². The Hall–Kier alpha value is -3.72. The van der Waals surface area contributed by atoms with Gasteiger partial charge in [0.25, 0.3) is 0 Å². The third kappa shape index (κ3) is 4.82. The van der Waals surface area contributed by atoms with Gasteiger partial charge < -0.3 is 0 Å². The van der Waals surface area contributed by atoms with Gasteiger partial charge in [0.05, 0.1) is 5.41 Å². The van der Waals surface area contributed by atoms with Crippen molar-refractivity contribution in [3.63, 3.8) is 0 Å². The Bertz CT molecular complexity index is 1870. The van der Waals surface area contributed by atoms with Crippen molar-refractivity contribution in [3.05, 3.63) is 175 Å². The highest BCUT2D eigenvalue weighted by atomic mass is 79.9. The summed E-state index contributed by atoms with van der Waals surface area (Å²) < 4.78 is 2.17. The van der Waals surface area contributed by atoms with Gasteiger partial charge in [-0.1, -0.05) is 139 Å². The molecule has 210 valence electrons. The average Bonchev–Trinajstić information content (AvgIpc) is 3.26. The fourth-order valence-corrected chi connectivity index (χ4v) is 7.60. The van der Waals surface area contributed by atoms with Crippen LogP contribution in [-0.4, -0.2) is 0 Å². The van der Waals surface area contributed by atoms with Crippen LogP contribution in [0.15, 0.2) is 130 Å². The van der Waals surface area contributed by atoms with E-state index in [4.69, 9.17) is 0 Å². The summed E-state index contributed by atoms with van der Waals surface area (Å²) in [7, 11) is 0. The van der Waals surface area contributed by atoms with Crippen LogP contribution in [0.3, 0.4) is 0 Å². The summed E-state index contributed by atoms with van der Waals surface area (Å²) in [6.07, 6.45) is 0. The molecule has 0 saturated heterocycles. The lowest BCUT2D eigenvalue weighted by atomic mass is 9.66. The van der Waals surface area contributed by atoms with Crippen molar-refractivity contribution in [1.82, 2.24) is 0 Å². The highest BCUT2D eigenvalue weighted by Crippen LogP contribution is 2.58. The molecular formula is C41H32Br2. The predicted octanol–water partition coefficient (Wildman–Crippen LogP) is 12.1. The summed E-state index contributed by atoms with van der Waals surface area (Å²) in [5, 5.41) is 0. The van der Waals surface area contributed by atoms with Crippen molar-refractivity contribution in [2.75, 3.05) is 0 Å². The largest absolute Gasteiger partial charge is 0.0714 e. The van der Waals surface area contributed by atoms with E-state index in [0.29, 0.717) is 0 Å². The van der Waals surface area contributed by atoms with Crippen molar-refractivity contribution >= 4 is 31.9 Å². The minimum Gasteiger partial charge on any atom is -0.0587 e. The fraction of sp³-hybridized carbons (Fsp3) is 0.122. The van der Waals surface area contributed by atoms with E-state index in [1.807, 2.05) is 0 Å². The standard InChI is InChI=1S/C41H32Br2/c1-25-5-9-29(10-6-25)31-17-27(3)19-33(21-31)41(34-20-28(4)18-32(22-34)30-11-7-26(2)8-12-30)39-23-35(42)13-15-37(39)38-16-14-36(43)24-40(38)41/h5-24H,1-4H3. The van der Waals surface area contributed by atoms with Gasteiger partial charge in [-0.25, -0.2) is 0 Å². The second-order valence-electron chi connectivity index (χ2n) is 12.0. The second kappa shape index (κ2) is 10.8. The van der Waals surface area contributed by atoms with Gasteiger partial charge in [0.2, 0.25) is 0 Å². The van der Waals surface area contributed by atoms with Crippen LogP contribution in [0.2, 0.25) is 0 Å². The van der Waals surface area contributed by atoms with Crippen LogP contribution in [0, 0.1) is 27.7 Å². The van der Waals surface area contributed by atoms with Crippen molar-refractivity contribution in [2.24, 2.45) is 0 Å². The number of rotatable bonds is 4. The van der Waals surface area contributed by atoms with Gasteiger partial charge in [0.1, 0.15) is 0 Å².